The molecule has 0 radical (unpaired) electrons. The lowest BCUT2D eigenvalue weighted by atomic mass is 10.1. The predicted octanol–water partition coefficient (Wildman–Crippen LogP) is 4.46. The van der Waals surface area contributed by atoms with Crippen molar-refractivity contribution in [1.29, 1.82) is 0 Å². The second-order valence-corrected chi connectivity index (χ2v) is 6.82. The number of aryl methyl sites for hydroxylation is 1. The van der Waals surface area contributed by atoms with Crippen molar-refractivity contribution in [2.24, 2.45) is 0 Å². The highest BCUT2D eigenvalue weighted by atomic mass is 16.5. The van der Waals surface area contributed by atoms with Crippen LogP contribution in [0.4, 0.5) is 0 Å². The molecule has 1 heterocycles. The Kier molecular flexibility index (Phi) is 6.30. The average Bonchev–Trinajstić information content (AvgIpc) is 2.93. The number of rotatable bonds is 8. The number of nitrogens with zero attached hydrogens (tertiary/aromatic N) is 1. The number of hydrogen-bond acceptors (Lipinski definition) is 2. The molecule has 1 aromatic heterocycles. The van der Waals surface area contributed by atoms with E-state index in [9.17, 15) is 4.79 Å². The van der Waals surface area contributed by atoms with Crippen LogP contribution in [0.1, 0.15) is 40.5 Å². The quantitative estimate of drug-likeness (QED) is 0.600. The Morgan fingerprint density at radius 3 is 2.63 bits per heavy atom. The largest absolute Gasteiger partial charge is 0.382 e. The number of amides is 1. The molecule has 3 rings (SSSR count). The molecule has 1 amide bonds. The van der Waals surface area contributed by atoms with E-state index in [4.69, 9.17) is 4.74 Å². The Morgan fingerprint density at radius 2 is 1.89 bits per heavy atom. The minimum atomic E-state index is -0.0266. The first-order valence-electron chi connectivity index (χ1n) is 9.61. The second kappa shape index (κ2) is 8.87. The fourth-order valence-electron chi connectivity index (χ4n) is 3.38. The van der Waals surface area contributed by atoms with Crippen LogP contribution in [0, 0.1) is 13.8 Å². The van der Waals surface area contributed by atoms with Crippen molar-refractivity contribution < 1.29 is 9.53 Å². The number of ether oxygens (including phenoxy) is 1. The topological polar surface area (TPSA) is 43.3 Å². The molecule has 1 N–H and O–H groups in total. The number of aromatic nitrogens is 1. The Labute approximate surface area is 161 Å². The summed E-state index contributed by atoms with van der Waals surface area (Å²) >= 11 is 0. The van der Waals surface area contributed by atoms with Gasteiger partial charge in [0.25, 0.3) is 5.91 Å². The standard InChI is InChI=1S/C23H28N2O2/c1-4-27-14-8-13-24-23(26)20-11-12-22-21(15-20)17(2)18(3)25(22)16-19-9-6-5-7-10-19/h5-7,9-12,15H,4,8,13-14,16H2,1-3H3,(H,24,26). The van der Waals surface area contributed by atoms with Gasteiger partial charge in [0.15, 0.2) is 0 Å². The first kappa shape index (κ1) is 19.2. The van der Waals surface area contributed by atoms with E-state index >= 15 is 0 Å². The summed E-state index contributed by atoms with van der Waals surface area (Å²) < 4.78 is 7.63. The number of hydrogen-bond donors (Lipinski definition) is 1. The molecule has 0 fully saturated rings. The molecule has 0 aliphatic carbocycles. The van der Waals surface area contributed by atoms with Gasteiger partial charge in [-0.2, -0.15) is 0 Å². The Morgan fingerprint density at radius 1 is 1.11 bits per heavy atom. The van der Waals surface area contributed by atoms with Crippen LogP contribution in [0.25, 0.3) is 10.9 Å². The van der Waals surface area contributed by atoms with E-state index in [1.807, 2.05) is 25.1 Å². The van der Waals surface area contributed by atoms with Gasteiger partial charge >= 0.3 is 0 Å². The fraction of sp³-hybridized carbons (Fsp3) is 0.348. The molecule has 142 valence electrons. The summed E-state index contributed by atoms with van der Waals surface area (Å²) in [7, 11) is 0. The highest BCUT2D eigenvalue weighted by Gasteiger charge is 2.14. The van der Waals surface area contributed by atoms with Crippen molar-refractivity contribution in [3.8, 4) is 0 Å². The van der Waals surface area contributed by atoms with Crippen LogP contribution in [-0.4, -0.2) is 30.2 Å². The lowest BCUT2D eigenvalue weighted by molar-refractivity contribution is 0.0944. The third-order valence-corrected chi connectivity index (χ3v) is 5.04. The minimum absolute atomic E-state index is 0.0266. The summed E-state index contributed by atoms with van der Waals surface area (Å²) in [6.45, 7) is 9.10. The number of carbonyl (C=O) groups excluding carboxylic acids is 1. The Balaban J connectivity index is 1.79. The van der Waals surface area contributed by atoms with Crippen LogP contribution < -0.4 is 5.32 Å². The zero-order valence-electron chi connectivity index (χ0n) is 16.4. The maximum Gasteiger partial charge on any atom is 0.251 e. The van der Waals surface area contributed by atoms with Crippen molar-refractivity contribution in [3.05, 3.63) is 70.9 Å². The average molecular weight is 364 g/mol. The molecule has 0 unspecified atom stereocenters. The van der Waals surface area contributed by atoms with E-state index in [0.29, 0.717) is 25.3 Å². The van der Waals surface area contributed by atoms with Gasteiger partial charge < -0.3 is 14.6 Å². The number of benzene rings is 2. The molecule has 4 heteroatoms. The van der Waals surface area contributed by atoms with Crippen LogP contribution in [-0.2, 0) is 11.3 Å². The molecule has 4 nitrogen and oxygen atoms in total. The molecule has 2 aromatic carbocycles. The molecule has 0 aliphatic heterocycles. The molecule has 0 atom stereocenters. The molecule has 3 aromatic rings. The molecule has 27 heavy (non-hydrogen) atoms. The van der Waals surface area contributed by atoms with E-state index in [1.165, 1.54) is 22.3 Å². The maximum atomic E-state index is 12.5. The maximum absolute atomic E-state index is 12.5. The highest BCUT2D eigenvalue weighted by molar-refractivity contribution is 5.99. The van der Waals surface area contributed by atoms with E-state index in [1.54, 1.807) is 0 Å². The molecule has 0 spiro atoms. The van der Waals surface area contributed by atoms with Gasteiger partial charge in [-0.3, -0.25) is 4.79 Å². The predicted molar refractivity (Wildman–Crippen MR) is 110 cm³/mol. The van der Waals surface area contributed by atoms with Crippen LogP contribution in [0.5, 0.6) is 0 Å². The molecular weight excluding hydrogens is 336 g/mol. The third-order valence-electron chi connectivity index (χ3n) is 5.04. The van der Waals surface area contributed by atoms with Crippen molar-refractivity contribution in [3.63, 3.8) is 0 Å². The first-order chi connectivity index (χ1) is 13.1. The van der Waals surface area contributed by atoms with E-state index in [2.05, 4.69) is 54.1 Å². The van der Waals surface area contributed by atoms with Gasteiger partial charge in [0.05, 0.1) is 0 Å². The Bertz CT molecular complexity index is 913. The Hall–Kier alpha value is -2.59. The van der Waals surface area contributed by atoms with Crippen LogP contribution >= 0.6 is 0 Å². The van der Waals surface area contributed by atoms with Crippen LogP contribution in [0.15, 0.2) is 48.5 Å². The monoisotopic (exact) mass is 364 g/mol. The van der Waals surface area contributed by atoms with E-state index in [0.717, 1.165) is 18.4 Å². The van der Waals surface area contributed by atoms with Crippen molar-refractivity contribution in [2.45, 2.75) is 33.7 Å². The summed E-state index contributed by atoms with van der Waals surface area (Å²) in [5.74, 6) is -0.0266. The normalized spacial score (nSPS) is 11.1. The number of carbonyl (C=O) groups is 1. The summed E-state index contributed by atoms with van der Waals surface area (Å²) in [4.78, 5) is 12.5. The molecule has 0 aliphatic rings. The van der Waals surface area contributed by atoms with Crippen molar-refractivity contribution in [1.82, 2.24) is 9.88 Å². The van der Waals surface area contributed by atoms with Gasteiger partial charge in [0.1, 0.15) is 0 Å². The van der Waals surface area contributed by atoms with Crippen LogP contribution in [0.3, 0.4) is 0 Å². The van der Waals surface area contributed by atoms with Gasteiger partial charge in [0, 0.05) is 48.5 Å². The number of fused-ring (bicyclic) bond motifs is 1. The zero-order chi connectivity index (χ0) is 19.2. The van der Waals surface area contributed by atoms with Gasteiger partial charge in [-0.1, -0.05) is 30.3 Å². The minimum Gasteiger partial charge on any atom is -0.382 e. The third kappa shape index (κ3) is 4.40. The summed E-state index contributed by atoms with van der Waals surface area (Å²) in [6, 6.07) is 16.4. The van der Waals surface area contributed by atoms with Gasteiger partial charge in [0.2, 0.25) is 0 Å². The second-order valence-electron chi connectivity index (χ2n) is 6.82. The van der Waals surface area contributed by atoms with Crippen molar-refractivity contribution >= 4 is 16.8 Å². The van der Waals surface area contributed by atoms with Gasteiger partial charge in [-0.05, 0) is 56.5 Å². The van der Waals surface area contributed by atoms with E-state index in [-0.39, 0.29) is 5.91 Å². The highest BCUT2D eigenvalue weighted by Crippen LogP contribution is 2.27. The van der Waals surface area contributed by atoms with Gasteiger partial charge in [-0.25, -0.2) is 0 Å². The molecule has 0 saturated carbocycles. The lowest BCUT2D eigenvalue weighted by Gasteiger charge is -2.09. The van der Waals surface area contributed by atoms with Crippen LogP contribution in [0.2, 0.25) is 0 Å². The smallest absolute Gasteiger partial charge is 0.251 e. The summed E-state index contributed by atoms with van der Waals surface area (Å²) in [6.07, 6.45) is 0.827. The molecule has 0 saturated heterocycles. The molecule has 0 bridgehead atoms. The van der Waals surface area contributed by atoms with Crippen molar-refractivity contribution in [2.75, 3.05) is 19.8 Å². The zero-order valence-corrected chi connectivity index (χ0v) is 16.4. The summed E-state index contributed by atoms with van der Waals surface area (Å²) in [5.41, 5.74) is 5.62. The SMILES string of the molecule is CCOCCCNC(=O)c1ccc2c(c1)c(C)c(C)n2Cc1ccccc1. The summed E-state index contributed by atoms with van der Waals surface area (Å²) in [5, 5.41) is 4.12. The van der Waals surface area contributed by atoms with Gasteiger partial charge in [-0.15, -0.1) is 0 Å². The number of nitrogens with one attached hydrogen (secondary N) is 1. The lowest BCUT2D eigenvalue weighted by Crippen LogP contribution is -2.25. The fourth-order valence-corrected chi connectivity index (χ4v) is 3.38. The molecular formula is C23H28N2O2. The van der Waals surface area contributed by atoms with E-state index < -0.39 is 0 Å². The first-order valence-corrected chi connectivity index (χ1v) is 9.61.